The molecule has 0 atom stereocenters. The van der Waals surface area contributed by atoms with Gasteiger partial charge in [0.25, 0.3) is 0 Å². The van der Waals surface area contributed by atoms with Crippen LogP contribution in [-0.4, -0.2) is 26.6 Å². The fourth-order valence-corrected chi connectivity index (χ4v) is 0.706. The Balaban J connectivity index is 3.55. The number of rotatable bonds is 4. The molecule has 0 spiro atoms. The molecule has 0 rings (SSSR count). The summed E-state index contributed by atoms with van der Waals surface area (Å²) in [5.74, 6) is -0.323. The lowest BCUT2D eigenvalue weighted by Crippen LogP contribution is -2.26. The molecule has 0 bridgehead atoms. The highest BCUT2D eigenvalue weighted by Crippen LogP contribution is 1.83. The van der Waals surface area contributed by atoms with Crippen molar-refractivity contribution in [3.63, 3.8) is 0 Å². The number of hydrogen-bond donors (Lipinski definition) is 2. The summed E-state index contributed by atoms with van der Waals surface area (Å²) in [5, 5.41) is 2.39. The highest BCUT2D eigenvalue weighted by atomic mass is 32.2. The first-order valence-corrected chi connectivity index (χ1v) is 4.46. The van der Waals surface area contributed by atoms with Crippen molar-refractivity contribution in [2.45, 2.75) is 6.92 Å². The van der Waals surface area contributed by atoms with Crippen LogP contribution >= 0.6 is 0 Å². The molecule has 1 N–H and O–H groups in total. The summed E-state index contributed by atoms with van der Waals surface area (Å²) >= 11 is 0. The van der Waals surface area contributed by atoms with Gasteiger partial charge in [0, 0.05) is 12.1 Å². The molecule has 4 nitrogen and oxygen atoms in total. The molecule has 0 aromatic rings. The molecule has 0 aromatic heterocycles. The van der Waals surface area contributed by atoms with Gasteiger partial charge in [-0.05, 0) is 6.92 Å². The van der Waals surface area contributed by atoms with E-state index in [4.69, 9.17) is 0 Å². The van der Waals surface area contributed by atoms with Gasteiger partial charge in [0.15, 0.2) is 0 Å². The van der Waals surface area contributed by atoms with E-state index in [2.05, 4.69) is 11.9 Å². The first-order valence-electron chi connectivity index (χ1n) is 3.09. The minimum Gasteiger partial charge on any atom is -0.351 e. The summed E-state index contributed by atoms with van der Waals surface area (Å²) in [7, 11) is -2.39. The standard InChI is InChI=1S/C6H11NO3S/c1-5(2)6(8)7-3-4-11(9)10/h11H,1,3-4H2,2H3,(H,7,8). The quantitative estimate of drug-likeness (QED) is 0.440. The van der Waals surface area contributed by atoms with E-state index in [-0.39, 0.29) is 18.2 Å². The van der Waals surface area contributed by atoms with Crippen LogP contribution in [0.3, 0.4) is 0 Å². The lowest BCUT2D eigenvalue weighted by molar-refractivity contribution is -0.117. The third-order valence-corrected chi connectivity index (χ3v) is 1.56. The molecule has 0 saturated heterocycles. The number of carbonyl (C=O) groups excluding carboxylic acids is 1. The third kappa shape index (κ3) is 5.60. The van der Waals surface area contributed by atoms with Crippen molar-refractivity contribution in [3.05, 3.63) is 12.2 Å². The summed E-state index contributed by atoms with van der Waals surface area (Å²) in [5.41, 5.74) is 0.381. The van der Waals surface area contributed by atoms with E-state index < -0.39 is 10.7 Å². The maximum absolute atomic E-state index is 10.7. The van der Waals surface area contributed by atoms with Crippen LogP contribution in [0.2, 0.25) is 0 Å². The van der Waals surface area contributed by atoms with Crippen molar-refractivity contribution in [2.75, 3.05) is 12.3 Å². The predicted octanol–water partition coefficient (Wildman–Crippen LogP) is -0.710. The third-order valence-electron chi connectivity index (χ3n) is 0.968. The Hall–Kier alpha value is -0.840. The molecule has 0 aliphatic rings. The van der Waals surface area contributed by atoms with Crippen molar-refractivity contribution in [1.82, 2.24) is 5.32 Å². The minimum absolute atomic E-state index is 0.0195. The number of amides is 1. The molecule has 64 valence electrons. The van der Waals surface area contributed by atoms with E-state index in [0.717, 1.165) is 0 Å². The number of hydrogen-bond acceptors (Lipinski definition) is 3. The zero-order valence-corrected chi connectivity index (χ0v) is 7.19. The monoisotopic (exact) mass is 177 g/mol. The Morgan fingerprint density at radius 1 is 1.55 bits per heavy atom. The van der Waals surface area contributed by atoms with Gasteiger partial charge in [-0.1, -0.05) is 6.58 Å². The van der Waals surface area contributed by atoms with Gasteiger partial charge >= 0.3 is 0 Å². The van der Waals surface area contributed by atoms with Crippen molar-refractivity contribution in [1.29, 1.82) is 0 Å². The predicted molar refractivity (Wildman–Crippen MR) is 43.0 cm³/mol. The molecule has 0 unspecified atom stereocenters. The first-order chi connectivity index (χ1) is 5.04. The van der Waals surface area contributed by atoms with Crippen molar-refractivity contribution in [2.24, 2.45) is 0 Å². The molecular formula is C6H11NO3S. The average Bonchev–Trinajstić information content (AvgIpc) is 1.86. The van der Waals surface area contributed by atoms with E-state index in [0.29, 0.717) is 5.57 Å². The Morgan fingerprint density at radius 2 is 2.09 bits per heavy atom. The Kier molecular flexibility index (Phi) is 4.52. The molecule has 0 fully saturated rings. The molecule has 11 heavy (non-hydrogen) atoms. The zero-order valence-electron chi connectivity index (χ0n) is 6.29. The van der Waals surface area contributed by atoms with Gasteiger partial charge in [0.05, 0.1) is 5.75 Å². The van der Waals surface area contributed by atoms with Crippen LogP contribution in [-0.2, 0) is 15.5 Å². The lowest BCUT2D eigenvalue weighted by Gasteiger charge is -1.99. The van der Waals surface area contributed by atoms with Gasteiger partial charge in [-0.25, -0.2) is 8.42 Å². The second-order valence-electron chi connectivity index (χ2n) is 2.09. The van der Waals surface area contributed by atoms with Gasteiger partial charge in [-0.3, -0.25) is 4.79 Å². The molecule has 5 heteroatoms. The van der Waals surface area contributed by atoms with Crippen molar-refractivity contribution >= 4 is 16.6 Å². The molecule has 0 aliphatic heterocycles. The maximum atomic E-state index is 10.7. The fourth-order valence-electron chi connectivity index (χ4n) is 0.412. The zero-order chi connectivity index (χ0) is 8.85. The molecule has 0 heterocycles. The van der Waals surface area contributed by atoms with Crippen LogP contribution in [0.1, 0.15) is 6.92 Å². The maximum Gasteiger partial charge on any atom is 0.246 e. The summed E-state index contributed by atoms with van der Waals surface area (Å²) in [6.07, 6.45) is 0. The normalized spacial score (nSPS) is 9.64. The molecule has 0 radical (unpaired) electrons. The number of nitrogens with one attached hydrogen (secondary N) is 1. The average molecular weight is 177 g/mol. The Morgan fingerprint density at radius 3 is 2.45 bits per heavy atom. The highest BCUT2D eigenvalue weighted by Gasteiger charge is 1.98. The first kappa shape index (κ1) is 10.2. The van der Waals surface area contributed by atoms with E-state index in [1.807, 2.05) is 0 Å². The summed E-state index contributed by atoms with van der Waals surface area (Å²) in [6.45, 7) is 5.11. The molecule has 0 aromatic carbocycles. The summed E-state index contributed by atoms with van der Waals surface area (Å²) in [6, 6.07) is 0. The Bertz CT molecular complexity index is 224. The molecule has 1 amide bonds. The van der Waals surface area contributed by atoms with Gasteiger partial charge in [-0.2, -0.15) is 0 Å². The van der Waals surface area contributed by atoms with Crippen molar-refractivity contribution < 1.29 is 13.2 Å². The van der Waals surface area contributed by atoms with Crippen LogP contribution in [0.4, 0.5) is 0 Å². The fraction of sp³-hybridized carbons (Fsp3) is 0.500. The largest absolute Gasteiger partial charge is 0.351 e. The van der Waals surface area contributed by atoms with Crippen LogP contribution in [0.15, 0.2) is 12.2 Å². The summed E-state index contributed by atoms with van der Waals surface area (Å²) < 4.78 is 20.0. The second kappa shape index (κ2) is 4.90. The SMILES string of the molecule is C=C(C)C(=O)NCC[SH](=O)=O. The number of thiol groups is 1. The topological polar surface area (TPSA) is 63.2 Å². The number of carbonyl (C=O) groups is 1. The van der Waals surface area contributed by atoms with E-state index in [9.17, 15) is 13.2 Å². The summed E-state index contributed by atoms with van der Waals surface area (Å²) in [4.78, 5) is 10.7. The van der Waals surface area contributed by atoms with Crippen molar-refractivity contribution in [3.8, 4) is 0 Å². The Labute approximate surface area is 67.2 Å². The molecule has 0 aliphatic carbocycles. The van der Waals surface area contributed by atoms with E-state index in [1.165, 1.54) is 0 Å². The van der Waals surface area contributed by atoms with Crippen LogP contribution in [0, 0.1) is 0 Å². The van der Waals surface area contributed by atoms with Crippen LogP contribution < -0.4 is 5.32 Å². The molecule has 0 saturated carbocycles. The minimum atomic E-state index is -2.39. The highest BCUT2D eigenvalue weighted by molar-refractivity contribution is 7.72. The van der Waals surface area contributed by atoms with Crippen LogP contribution in [0.25, 0.3) is 0 Å². The second-order valence-corrected chi connectivity index (χ2v) is 3.21. The lowest BCUT2D eigenvalue weighted by atomic mass is 10.3. The van der Waals surface area contributed by atoms with E-state index >= 15 is 0 Å². The van der Waals surface area contributed by atoms with E-state index in [1.54, 1.807) is 6.92 Å². The smallest absolute Gasteiger partial charge is 0.246 e. The van der Waals surface area contributed by atoms with Gasteiger partial charge < -0.3 is 5.32 Å². The van der Waals surface area contributed by atoms with Gasteiger partial charge in [-0.15, -0.1) is 0 Å². The van der Waals surface area contributed by atoms with Gasteiger partial charge in [0.1, 0.15) is 10.7 Å². The van der Waals surface area contributed by atoms with Crippen LogP contribution in [0.5, 0.6) is 0 Å². The van der Waals surface area contributed by atoms with Gasteiger partial charge in [0.2, 0.25) is 5.91 Å². The molecular weight excluding hydrogens is 166 g/mol.